The summed E-state index contributed by atoms with van der Waals surface area (Å²) in [7, 11) is -5.84. The van der Waals surface area contributed by atoms with Crippen molar-refractivity contribution in [2.24, 2.45) is 0 Å². The highest BCUT2D eigenvalue weighted by Gasteiger charge is 2.44. The largest absolute Gasteiger partial charge is 0.522 e. The molecule has 0 atom stereocenters. The van der Waals surface area contributed by atoms with Crippen LogP contribution in [-0.2, 0) is 16.5 Å². The number of aryl methyl sites for hydroxylation is 1. The number of alkyl halides is 3. The third-order valence-electron chi connectivity index (χ3n) is 2.05. The molecule has 1 rings (SSSR count). The van der Waals surface area contributed by atoms with Gasteiger partial charge in [0.25, 0.3) is 0 Å². The van der Waals surface area contributed by atoms with E-state index in [9.17, 15) is 13.2 Å². The highest BCUT2D eigenvalue weighted by atomic mass is 32.2. The fourth-order valence-electron chi connectivity index (χ4n) is 1.04. The lowest BCUT2D eigenvalue weighted by molar-refractivity contribution is -0.0510. The Balaban J connectivity index is 0.000000362. The van der Waals surface area contributed by atoms with Gasteiger partial charge in [0.1, 0.15) is 5.75 Å². The first-order chi connectivity index (χ1) is 8.58. The summed E-state index contributed by atoms with van der Waals surface area (Å²) in [6.07, 6.45) is 3.57. The smallest absolute Gasteiger partial charge is 0.508 e. The molecule has 0 unspecified atom stereocenters. The van der Waals surface area contributed by atoms with Gasteiger partial charge >= 0.3 is 15.6 Å². The molecule has 0 saturated carbocycles. The van der Waals surface area contributed by atoms with E-state index in [4.69, 9.17) is 18.1 Å². The molecule has 1 aromatic carbocycles. The predicted molar refractivity (Wildman–Crippen MR) is 64.3 cm³/mol. The predicted octanol–water partition coefficient (Wildman–Crippen LogP) is 3.13. The highest BCUT2D eigenvalue weighted by Crippen LogP contribution is 2.20. The Bertz CT molecular complexity index is 466. The normalized spacial score (nSPS) is 11.6. The third kappa shape index (κ3) is 7.68. The molecular formula is C11H15F3O4S. The lowest BCUT2D eigenvalue weighted by Gasteiger charge is -1.98. The zero-order chi connectivity index (χ0) is 15.1. The van der Waals surface area contributed by atoms with Gasteiger partial charge < -0.3 is 5.11 Å². The van der Waals surface area contributed by atoms with E-state index in [-0.39, 0.29) is 0 Å². The molecule has 1 aromatic rings. The Morgan fingerprint density at radius 1 is 1.16 bits per heavy atom. The lowest BCUT2D eigenvalue weighted by atomic mass is 10.1. The van der Waals surface area contributed by atoms with Crippen LogP contribution in [0.4, 0.5) is 13.2 Å². The molecule has 0 aromatic heterocycles. The van der Waals surface area contributed by atoms with E-state index in [1.165, 1.54) is 18.4 Å². The quantitative estimate of drug-likeness (QED) is 0.664. The molecule has 0 aliphatic carbocycles. The number of phenols is 1. The Hall–Kier alpha value is -1.28. The molecule has 0 saturated heterocycles. The number of hydrogen-bond donors (Lipinski definition) is 2. The van der Waals surface area contributed by atoms with Gasteiger partial charge in [-0.25, -0.2) is 0 Å². The number of rotatable bonds is 3. The van der Waals surface area contributed by atoms with Crippen LogP contribution in [0.2, 0.25) is 0 Å². The summed E-state index contributed by atoms with van der Waals surface area (Å²) >= 11 is 0. The molecule has 4 nitrogen and oxygen atoms in total. The minimum absolute atomic E-state index is 0.352. The number of aromatic hydroxyl groups is 1. The van der Waals surface area contributed by atoms with Crippen molar-refractivity contribution in [3.05, 3.63) is 29.8 Å². The summed E-state index contributed by atoms with van der Waals surface area (Å²) in [5.74, 6) is 0.352. The Morgan fingerprint density at radius 3 is 1.89 bits per heavy atom. The number of phenolic OH excluding ortho intramolecular Hbond substituents is 1. The summed E-state index contributed by atoms with van der Waals surface area (Å²) in [4.78, 5) is 0. The van der Waals surface area contributed by atoms with Crippen molar-refractivity contribution < 1.29 is 31.2 Å². The SMILES string of the molecule is CCCCc1ccc(O)cc1.O=S(=O)(O)C(F)(F)F. The van der Waals surface area contributed by atoms with Crippen LogP contribution in [0, 0.1) is 0 Å². The first kappa shape index (κ1) is 17.7. The molecule has 0 amide bonds. The van der Waals surface area contributed by atoms with Crippen molar-refractivity contribution in [2.45, 2.75) is 31.7 Å². The number of unbranched alkanes of at least 4 members (excludes halogenated alkanes) is 1. The lowest BCUT2D eigenvalue weighted by Crippen LogP contribution is -2.21. The van der Waals surface area contributed by atoms with E-state index in [1.54, 1.807) is 12.1 Å². The zero-order valence-electron chi connectivity index (χ0n) is 10.2. The second-order valence-corrected chi connectivity index (χ2v) is 5.10. The molecule has 2 N–H and O–H groups in total. The topological polar surface area (TPSA) is 74.6 Å². The van der Waals surface area contributed by atoms with Gasteiger partial charge in [-0.2, -0.15) is 21.6 Å². The van der Waals surface area contributed by atoms with Gasteiger partial charge in [-0.1, -0.05) is 25.5 Å². The molecule has 0 aliphatic rings. The number of benzene rings is 1. The third-order valence-corrected chi connectivity index (χ3v) is 2.63. The Kier molecular flexibility index (Phi) is 6.85. The average molecular weight is 300 g/mol. The van der Waals surface area contributed by atoms with Crippen molar-refractivity contribution in [3.63, 3.8) is 0 Å². The van der Waals surface area contributed by atoms with Crippen LogP contribution >= 0.6 is 0 Å². The van der Waals surface area contributed by atoms with Gasteiger partial charge in [0.05, 0.1) is 0 Å². The van der Waals surface area contributed by atoms with Crippen molar-refractivity contribution >= 4 is 10.1 Å². The fraction of sp³-hybridized carbons (Fsp3) is 0.455. The standard InChI is InChI=1S/C10H14O.CHF3O3S/c1-2-3-4-9-5-7-10(11)8-6-9;2-1(3,4)8(5,6)7/h5-8,11H,2-4H2,1H3;(H,5,6,7). The maximum absolute atomic E-state index is 10.7. The van der Waals surface area contributed by atoms with E-state index in [1.807, 2.05) is 12.1 Å². The van der Waals surface area contributed by atoms with Crippen LogP contribution in [0.15, 0.2) is 24.3 Å². The molecule has 0 aliphatic heterocycles. The second kappa shape index (κ2) is 7.34. The first-order valence-electron chi connectivity index (χ1n) is 5.39. The maximum atomic E-state index is 10.7. The van der Waals surface area contributed by atoms with Gasteiger partial charge in [-0.15, -0.1) is 0 Å². The van der Waals surface area contributed by atoms with Crippen molar-refractivity contribution in [3.8, 4) is 5.75 Å². The maximum Gasteiger partial charge on any atom is 0.522 e. The number of halogens is 3. The van der Waals surface area contributed by atoms with Crippen LogP contribution in [0.3, 0.4) is 0 Å². The molecule has 0 spiro atoms. The molecule has 0 heterocycles. The van der Waals surface area contributed by atoms with E-state index in [2.05, 4.69) is 6.92 Å². The van der Waals surface area contributed by atoms with E-state index < -0.39 is 15.6 Å². The van der Waals surface area contributed by atoms with Crippen molar-refractivity contribution in [1.29, 1.82) is 0 Å². The van der Waals surface area contributed by atoms with E-state index in [0.29, 0.717) is 5.75 Å². The van der Waals surface area contributed by atoms with E-state index >= 15 is 0 Å². The van der Waals surface area contributed by atoms with Crippen LogP contribution in [0.1, 0.15) is 25.3 Å². The average Bonchev–Trinajstić information content (AvgIpc) is 2.26. The van der Waals surface area contributed by atoms with Crippen molar-refractivity contribution in [1.82, 2.24) is 0 Å². The zero-order valence-corrected chi connectivity index (χ0v) is 11.0. The summed E-state index contributed by atoms with van der Waals surface area (Å²) < 4.78 is 57.5. The minimum Gasteiger partial charge on any atom is -0.508 e. The van der Waals surface area contributed by atoms with Crippen molar-refractivity contribution in [2.75, 3.05) is 0 Å². The number of hydrogen-bond acceptors (Lipinski definition) is 3. The molecule has 0 radical (unpaired) electrons. The monoisotopic (exact) mass is 300 g/mol. The van der Waals surface area contributed by atoms with Crippen LogP contribution in [-0.4, -0.2) is 23.6 Å². The van der Waals surface area contributed by atoms with Gasteiger partial charge in [0.15, 0.2) is 0 Å². The minimum atomic E-state index is -5.84. The summed E-state index contributed by atoms with van der Waals surface area (Å²) in [6, 6.07) is 7.44. The second-order valence-electron chi connectivity index (χ2n) is 3.69. The van der Waals surface area contributed by atoms with Gasteiger partial charge in [0, 0.05) is 0 Å². The molecule has 110 valence electrons. The fourth-order valence-corrected chi connectivity index (χ4v) is 1.04. The van der Waals surface area contributed by atoms with Gasteiger partial charge in [-0.05, 0) is 30.5 Å². The molecule has 0 bridgehead atoms. The Labute approximate surface area is 109 Å². The van der Waals surface area contributed by atoms with Crippen LogP contribution < -0.4 is 0 Å². The summed E-state index contributed by atoms with van der Waals surface area (Å²) in [6.45, 7) is 2.18. The van der Waals surface area contributed by atoms with Gasteiger partial charge in [-0.3, -0.25) is 4.55 Å². The molecule has 0 fully saturated rings. The van der Waals surface area contributed by atoms with Crippen LogP contribution in [0.5, 0.6) is 5.75 Å². The van der Waals surface area contributed by atoms with Gasteiger partial charge in [0.2, 0.25) is 0 Å². The summed E-state index contributed by atoms with van der Waals surface area (Å²) in [5, 5.41) is 8.98. The summed E-state index contributed by atoms with van der Waals surface area (Å²) in [5.41, 5.74) is -4.22. The molecule has 8 heteroatoms. The highest BCUT2D eigenvalue weighted by molar-refractivity contribution is 7.86. The van der Waals surface area contributed by atoms with Crippen LogP contribution in [0.25, 0.3) is 0 Å². The molecular weight excluding hydrogens is 285 g/mol. The van der Waals surface area contributed by atoms with E-state index in [0.717, 1.165) is 6.42 Å². The Morgan fingerprint density at radius 2 is 1.58 bits per heavy atom. The first-order valence-corrected chi connectivity index (χ1v) is 6.83. The molecule has 19 heavy (non-hydrogen) atoms.